The molecule has 2 aliphatic heterocycles. The number of fused-ring (bicyclic) bond motifs is 1. The van der Waals surface area contributed by atoms with Crippen molar-refractivity contribution in [2.45, 2.75) is 56.7 Å². The molecule has 170 valence electrons. The lowest BCUT2D eigenvalue weighted by atomic mass is 9.89. The van der Waals surface area contributed by atoms with E-state index in [1.165, 1.54) is 0 Å². The fourth-order valence-corrected chi connectivity index (χ4v) is 4.98. The number of amides is 3. The topological polar surface area (TPSA) is 119 Å². The summed E-state index contributed by atoms with van der Waals surface area (Å²) in [5, 5.41) is 14.8. The van der Waals surface area contributed by atoms with E-state index in [9.17, 15) is 19.2 Å². The van der Waals surface area contributed by atoms with Gasteiger partial charge in [0.1, 0.15) is 6.04 Å². The summed E-state index contributed by atoms with van der Waals surface area (Å²) in [6.45, 7) is 3.64. The lowest BCUT2D eigenvalue weighted by Gasteiger charge is -2.39. The summed E-state index contributed by atoms with van der Waals surface area (Å²) in [7, 11) is 1.92. The number of anilines is 1. The Morgan fingerprint density at radius 3 is 2.62 bits per heavy atom. The van der Waals surface area contributed by atoms with Gasteiger partial charge in [0.05, 0.1) is 17.7 Å². The highest BCUT2D eigenvalue weighted by Gasteiger charge is 2.44. The fourth-order valence-electron chi connectivity index (χ4n) is 4.98. The number of rotatable bonds is 6. The van der Waals surface area contributed by atoms with Crippen molar-refractivity contribution in [1.82, 2.24) is 15.5 Å². The number of nitrogens with zero attached hydrogens (tertiary/aromatic N) is 2. The minimum Gasteiger partial charge on any atom is -0.480 e. The van der Waals surface area contributed by atoms with Crippen LogP contribution in [0.15, 0.2) is 30.5 Å². The van der Waals surface area contributed by atoms with Gasteiger partial charge in [-0.15, -0.1) is 0 Å². The van der Waals surface area contributed by atoms with E-state index < -0.39 is 23.8 Å². The zero-order chi connectivity index (χ0) is 23.0. The van der Waals surface area contributed by atoms with Crippen molar-refractivity contribution in [2.24, 2.45) is 0 Å². The van der Waals surface area contributed by atoms with Crippen molar-refractivity contribution >= 4 is 29.4 Å². The van der Waals surface area contributed by atoms with Gasteiger partial charge in [-0.3, -0.25) is 24.1 Å². The van der Waals surface area contributed by atoms with Gasteiger partial charge < -0.3 is 20.6 Å². The average Bonchev–Trinajstić information content (AvgIpc) is 3.02. The van der Waals surface area contributed by atoms with Crippen LogP contribution < -0.4 is 15.5 Å². The highest BCUT2D eigenvalue weighted by atomic mass is 16.4. The predicted molar refractivity (Wildman–Crippen MR) is 117 cm³/mol. The molecule has 9 heteroatoms. The molecule has 1 unspecified atom stereocenters. The molecule has 9 nitrogen and oxygen atoms in total. The molecule has 0 aromatic heterocycles. The lowest BCUT2D eigenvalue weighted by Crippen LogP contribution is -2.52. The molecule has 3 aliphatic rings. The van der Waals surface area contributed by atoms with E-state index in [4.69, 9.17) is 5.11 Å². The van der Waals surface area contributed by atoms with E-state index in [0.717, 1.165) is 36.3 Å². The monoisotopic (exact) mass is 440 g/mol. The van der Waals surface area contributed by atoms with E-state index in [2.05, 4.69) is 22.1 Å². The van der Waals surface area contributed by atoms with Gasteiger partial charge in [0.15, 0.2) is 0 Å². The number of nitrogens with one attached hydrogen (secondary N) is 2. The Morgan fingerprint density at radius 2 is 1.91 bits per heavy atom. The summed E-state index contributed by atoms with van der Waals surface area (Å²) in [5.74, 6) is -2.20. The summed E-state index contributed by atoms with van der Waals surface area (Å²) >= 11 is 0. The lowest BCUT2D eigenvalue weighted by molar-refractivity contribution is -0.136. The Morgan fingerprint density at radius 1 is 1.19 bits per heavy atom. The van der Waals surface area contributed by atoms with Gasteiger partial charge >= 0.3 is 5.97 Å². The molecule has 3 atom stereocenters. The molecule has 3 N–H and O–H groups in total. The van der Waals surface area contributed by atoms with Crippen LogP contribution in [0, 0.1) is 0 Å². The second-order valence-corrected chi connectivity index (χ2v) is 8.70. The predicted octanol–water partition coefficient (Wildman–Crippen LogP) is 1.50. The van der Waals surface area contributed by atoms with Crippen molar-refractivity contribution in [1.29, 1.82) is 0 Å². The highest BCUT2D eigenvalue weighted by Crippen LogP contribution is 2.33. The first-order chi connectivity index (χ1) is 15.3. The van der Waals surface area contributed by atoms with Crippen LogP contribution in [-0.4, -0.2) is 65.4 Å². The first-order valence-electron chi connectivity index (χ1n) is 11.0. The smallest absolute Gasteiger partial charge is 0.317 e. The standard InChI is InChI=1S/C23H28N4O5/c1-13-7-10-19(21(30)25-13)27-22(31)15-9-8-14(11-16(15)23(27)32)26(2)18-6-4-3-5-17(18)24-12-20(28)29/h8-9,11,17-19,24H,1,3-7,10,12H2,2H3,(H,25,30)(H,28,29)/t17-,18-,19?/m0/s1. The second-order valence-electron chi connectivity index (χ2n) is 8.70. The van der Waals surface area contributed by atoms with Crippen molar-refractivity contribution in [2.75, 3.05) is 18.5 Å². The Hall–Kier alpha value is -3.20. The zero-order valence-electron chi connectivity index (χ0n) is 18.1. The maximum atomic E-state index is 13.1. The van der Waals surface area contributed by atoms with Crippen LogP contribution in [-0.2, 0) is 9.59 Å². The van der Waals surface area contributed by atoms with Gasteiger partial charge in [0, 0.05) is 30.5 Å². The SMILES string of the molecule is C=C1CCC(N2C(=O)c3ccc(N(C)[C@H]4CCCC[C@@H]4NCC(=O)O)cc3C2=O)C(=O)N1. The summed E-state index contributed by atoms with van der Waals surface area (Å²) < 4.78 is 0. The minimum atomic E-state index is -0.894. The Kier molecular flexibility index (Phi) is 6.01. The average molecular weight is 441 g/mol. The van der Waals surface area contributed by atoms with Crippen LogP contribution in [0.25, 0.3) is 0 Å². The Balaban J connectivity index is 1.56. The van der Waals surface area contributed by atoms with Gasteiger partial charge in [0.2, 0.25) is 5.91 Å². The van der Waals surface area contributed by atoms with Crippen LogP contribution in [0.2, 0.25) is 0 Å². The van der Waals surface area contributed by atoms with Crippen LogP contribution in [0.5, 0.6) is 0 Å². The molecule has 1 aromatic carbocycles. The number of piperidine rings is 1. The van der Waals surface area contributed by atoms with Crippen molar-refractivity contribution in [3.63, 3.8) is 0 Å². The third kappa shape index (κ3) is 4.00. The fraction of sp³-hybridized carbons (Fsp3) is 0.478. The second kappa shape index (κ2) is 8.74. The third-order valence-electron chi connectivity index (χ3n) is 6.69. The molecule has 1 saturated heterocycles. The number of likely N-dealkylation sites (N-methyl/N-ethyl adjacent to an activating group) is 1. The quantitative estimate of drug-likeness (QED) is 0.574. The molecular formula is C23H28N4O5. The Bertz CT molecular complexity index is 991. The van der Waals surface area contributed by atoms with Crippen LogP contribution in [0.4, 0.5) is 5.69 Å². The van der Waals surface area contributed by atoms with E-state index >= 15 is 0 Å². The first kappa shape index (κ1) is 22.0. The molecule has 32 heavy (non-hydrogen) atoms. The van der Waals surface area contributed by atoms with Gasteiger partial charge in [-0.25, -0.2) is 0 Å². The number of imide groups is 1. The van der Waals surface area contributed by atoms with Gasteiger partial charge in [0.25, 0.3) is 11.8 Å². The third-order valence-corrected chi connectivity index (χ3v) is 6.69. The first-order valence-corrected chi connectivity index (χ1v) is 11.0. The molecule has 1 aliphatic carbocycles. The maximum absolute atomic E-state index is 13.1. The Labute approximate surface area is 186 Å². The van der Waals surface area contributed by atoms with Gasteiger partial charge in [-0.2, -0.15) is 0 Å². The minimum absolute atomic E-state index is 0.0194. The molecule has 0 bridgehead atoms. The molecule has 0 spiro atoms. The molecule has 3 amide bonds. The van der Waals surface area contributed by atoms with Gasteiger partial charge in [-0.1, -0.05) is 19.4 Å². The molecule has 4 rings (SSSR count). The molecule has 0 radical (unpaired) electrons. The van der Waals surface area contributed by atoms with Crippen molar-refractivity contribution in [3.8, 4) is 0 Å². The molecular weight excluding hydrogens is 412 g/mol. The number of carboxylic acids is 1. The van der Waals surface area contributed by atoms with Crippen LogP contribution in [0.3, 0.4) is 0 Å². The molecule has 2 fully saturated rings. The zero-order valence-corrected chi connectivity index (χ0v) is 18.1. The van der Waals surface area contributed by atoms with Crippen LogP contribution >= 0.6 is 0 Å². The summed E-state index contributed by atoms with van der Waals surface area (Å²) in [6, 6.07) is 4.41. The van der Waals surface area contributed by atoms with E-state index in [1.807, 2.05) is 7.05 Å². The largest absolute Gasteiger partial charge is 0.480 e. The number of benzene rings is 1. The van der Waals surface area contributed by atoms with E-state index in [0.29, 0.717) is 29.7 Å². The number of carbonyl (C=O) groups excluding carboxylic acids is 3. The summed E-state index contributed by atoms with van der Waals surface area (Å²) in [5.41, 5.74) is 1.96. The van der Waals surface area contributed by atoms with E-state index in [-0.39, 0.29) is 24.5 Å². The number of carboxylic acid groups (broad SMARTS) is 1. The molecule has 1 aromatic rings. The summed E-state index contributed by atoms with van der Waals surface area (Å²) in [6.07, 6.45) is 4.73. The number of allylic oxidation sites excluding steroid dienone is 1. The summed E-state index contributed by atoms with van der Waals surface area (Å²) in [4.78, 5) is 52.6. The number of hydrogen-bond donors (Lipinski definition) is 3. The van der Waals surface area contributed by atoms with Crippen molar-refractivity contribution in [3.05, 3.63) is 41.6 Å². The highest BCUT2D eigenvalue weighted by molar-refractivity contribution is 6.23. The number of aliphatic carboxylic acids is 1. The number of hydrogen-bond acceptors (Lipinski definition) is 6. The molecule has 2 heterocycles. The maximum Gasteiger partial charge on any atom is 0.317 e. The normalized spacial score (nSPS) is 25.5. The molecule has 1 saturated carbocycles. The number of carbonyl (C=O) groups is 4. The van der Waals surface area contributed by atoms with E-state index in [1.54, 1.807) is 18.2 Å². The van der Waals surface area contributed by atoms with Crippen molar-refractivity contribution < 1.29 is 24.3 Å². The van der Waals surface area contributed by atoms with Crippen LogP contribution in [0.1, 0.15) is 59.2 Å². The van der Waals surface area contributed by atoms with Gasteiger partial charge in [-0.05, 0) is 43.9 Å².